The van der Waals surface area contributed by atoms with Crippen LogP contribution in [0.15, 0.2) is 0 Å². The van der Waals surface area contributed by atoms with Crippen molar-refractivity contribution in [3.63, 3.8) is 0 Å². The van der Waals surface area contributed by atoms with Crippen molar-refractivity contribution >= 4 is 20.2 Å². The predicted molar refractivity (Wildman–Crippen MR) is 28.8 cm³/mol. The number of carbonyl (C=O) groups excluding carboxylic acids is 2. The first kappa shape index (κ1) is 11.8. The van der Waals surface area contributed by atoms with E-state index in [0.717, 1.165) is 7.11 Å². The summed E-state index contributed by atoms with van der Waals surface area (Å²) < 4.78 is 26.1. The van der Waals surface area contributed by atoms with E-state index in [4.69, 9.17) is 0 Å². The molecular weight excluding hydrogens is 145 g/mol. The van der Waals surface area contributed by atoms with Crippen LogP contribution in [0.5, 0.6) is 0 Å². The first-order chi connectivity index (χ1) is 4.09. The van der Waals surface area contributed by atoms with Gasteiger partial charge in [0.05, 0.1) is 7.11 Å². The molecule has 0 unspecified atom stereocenters. The smallest absolute Gasteiger partial charge is 0.380 e. The zero-order chi connectivity index (χ0) is 7.44. The summed E-state index contributed by atoms with van der Waals surface area (Å²) in [7, 11) is 0.864. The van der Waals surface area contributed by atoms with Gasteiger partial charge in [0.25, 0.3) is 0 Å². The summed E-state index contributed by atoms with van der Waals surface area (Å²) in [4.78, 5) is 19.8. The third kappa shape index (κ3) is 3.16. The molecule has 0 aromatic rings. The monoisotopic (exact) mass is 149 g/mol. The van der Waals surface area contributed by atoms with E-state index in [1.807, 2.05) is 0 Å². The molecule has 0 aliphatic heterocycles. The second kappa shape index (κ2) is 4.90. The van der Waals surface area contributed by atoms with Gasteiger partial charge in [0.15, 0.2) is 0 Å². The van der Waals surface area contributed by atoms with Crippen molar-refractivity contribution in [3.8, 4) is 0 Å². The van der Waals surface area contributed by atoms with Crippen LogP contribution < -0.4 is 0 Å². The molecule has 0 atom stereocenters. The number of methoxy groups -OCH3 is 1. The van der Waals surface area contributed by atoms with Gasteiger partial charge < -0.3 is 4.74 Å². The lowest BCUT2D eigenvalue weighted by molar-refractivity contribution is -0.156. The summed E-state index contributed by atoms with van der Waals surface area (Å²) in [5.41, 5.74) is 0. The van der Waals surface area contributed by atoms with Gasteiger partial charge in [0.1, 0.15) is 0 Å². The minimum Gasteiger partial charge on any atom is -0.463 e. The number of Topliss-reactive ketones (excluding diaryl/α,β-unsaturated/α-hetero) is 1. The Balaban J connectivity index is 0. The Morgan fingerprint density at radius 2 is 1.80 bits per heavy atom. The normalized spacial score (nSPS) is 8.40. The fourth-order valence-corrected chi connectivity index (χ4v) is 0.190. The number of ketones is 1. The van der Waals surface area contributed by atoms with Crippen LogP contribution >= 0.6 is 0 Å². The van der Waals surface area contributed by atoms with E-state index < -0.39 is 18.2 Å². The summed E-state index contributed by atoms with van der Waals surface area (Å²) in [6, 6.07) is 0. The van der Waals surface area contributed by atoms with Gasteiger partial charge in [-0.25, -0.2) is 13.6 Å². The molecule has 0 fully saturated rings. The molecule has 0 bridgehead atoms. The first-order valence-electron chi connectivity index (χ1n) is 2.00. The van der Waals surface area contributed by atoms with Crippen molar-refractivity contribution in [1.29, 1.82) is 0 Å². The molecule has 0 aliphatic rings. The van der Waals surface area contributed by atoms with Gasteiger partial charge in [0, 0.05) is 8.41 Å². The fraction of sp³-hybridized carbons (Fsp3) is 0.500. The number of ether oxygens (including phenoxy) is 1. The minimum absolute atomic E-state index is 0. The van der Waals surface area contributed by atoms with Crippen molar-refractivity contribution in [2.75, 3.05) is 7.11 Å². The molecule has 0 spiro atoms. The number of carbonyl (C=O) groups is 2. The summed E-state index contributed by atoms with van der Waals surface area (Å²) in [6.45, 7) is 0. The van der Waals surface area contributed by atoms with Crippen LogP contribution in [0.4, 0.5) is 8.78 Å². The maximum Gasteiger partial charge on any atom is 0.380 e. The SMILES string of the molecule is COC(=O)C(=O)C(F)F.[B]. The molecule has 3 nitrogen and oxygen atoms in total. The Labute approximate surface area is 57.9 Å². The summed E-state index contributed by atoms with van der Waals surface area (Å²) in [6.07, 6.45) is -3.27. The van der Waals surface area contributed by atoms with Crippen LogP contribution in [0.1, 0.15) is 0 Å². The lowest BCUT2D eigenvalue weighted by Crippen LogP contribution is -2.22. The molecule has 0 aromatic heterocycles. The van der Waals surface area contributed by atoms with E-state index in [1.54, 1.807) is 0 Å². The lowest BCUT2D eigenvalue weighted by Gasteiger charge is -1.93. The second-order valence-corrected chi connectivity index (χ2v) is 1.16. The average Bonchev–Trinajstić information content (AvgIpc) is 1.84. The molecule has 3 radical (unpaired) electrons. The topological polar surface area (TPSA) is 43.4 Å². The predicted octanol–water partition coefficient (Wildman–Crippen LogP) is -0.387. The van der Waals surface area contributed by atoms with E-state index in [-0.39, 0.29) is 8.41 Å². The van der Waals surface area contributed by atoms with Crippen LogP contribution in [-0.2, 0) is 14.3 Å². The molecule has 0 N–H and O–H groups in total. The quantitative estimate of drug-likeness (QED) is 0.305. The van der Waals surface area contributed by atoms with Crippen LogP contribution in [-0.4, -0.2) is 33.7 Å². The van der Waals surface area contributed by atoms with E-state index in [9.17, 15) is 18.4 Å². The Hall–Kier alpha value is -0.935. The number of hydrogen-bond acceptors (Lipinski definition) is 3. The van der Waals surface area contributed by atoms with E-state index in [0.29, 0.717) is 0 Å². The number of halogens is 2. The number of alkyl halides is 2. The van der Waals surface area contributed by atoms with E-state index >= 15 is 0 Å². The molecule has 6 heteroatoms. The zero-order valence-electron chi connectivity index (χ0n) is 5.14. The van der Waals surface area contributed by atoms with Gasteiger partial charge in [-0.15, -0.1) is 0 Å². The molecule has 0 heterocycles. The fourth-order valence-electron chi connectivity index (χ4n) is 0.190. The highest BCUT2D eigenvalue weighted by Gasteiger charge is 2.24. The van der Waals surface area contributed by atoms with Gasteiger partial charge >= 0.3 is 18.2 Å². The maximum absolute atomic E-state index is 11.2. The highest BCUT2D eigenvalue weighted by atomic mass is 19.3. The van der Waals surface area contributed by atoms with Gasteiger partial charge in [-0.2, -0.15) is 0 Å². The number of hydrogen-bond donors (Lipinski definition) is 0. The lowest BCUT2D eigenvalue weighted by atomic mass is 10.4. The highest BCUT2D eigenvalue weighted by molar-refractivity contribution is 6.34. The minimum atomic E-state index is -3.27. The van der Waals surface area contributed by atoms with E-state index in [2.05, 4.69) is 4.74 Å². The van der Waals surface area contributed by atoms with Gasteiger partial charge in [-0.05, 0) is 0 Å². The summed E-state index contributed by atoms with van der Waals surface area (Å²) in [5.74, 6) is -3.32. The van der Waals surface area contributed by atoms with Crippen LogP contribution in [0, 0.1) is 0 Å². The highest BCUT2D eigenvalue weighted by Crippen LogP contribution is 1.94. The van der Waals surface area contributed by atoms with Crippen molar-refractivity contribution < 1.29 is 23.1 Å². The molecular formula is C4H4BF2O3. The summed E-state index contributed by atoms with van der Waals surface area (Å²) >= 11 is 0. The molecule has 0 rings (SSSR count). The van der Waals surface area contributed by atoms with Crippen LogP contribution in [0.2, 0.25) is 0 Å². The van der Waals surface area contributed by atoms with Crippen LogP contribution in [0.25, 0.3) is 0 Å². The Morgan fingerprint density at radius 1 is 1.40 bits per heavy atom. The largest absolute Gasteiger partial charge is 0.463 e. The van der Waals surface area contributed by atoms with Crippen molar-refractivity contribution in [2.45, 2.75) is 6.43 Å². The second-order valence-electron chi connectivity index (χ2n) is 1.16. The Kier molecular flexibility index (Phi) is 5.79. The Bertz CT molecular complexity index is 136. The van der Waals surface area contributed by atoms with Crippen molar-refractivity contribution in [3.05, 3.63) is 0 Å². The Morgan fingerprint density at radius 3 is 1.90 bits per heavy atom. The zero-order valence-corrected chi connectivity index (χ0v) is 5.14. The molecule has 0 saturated carbocycles. The van der Waals surface area contributed by atoms with E-state index in [1.165, 1.54) is 0 Å². The molecule has 0 aliphatic carbocycles. The average molecular weight is 149 g/mol. The molecule has 0 amide bonds. The maximum atomic E-state index is 11.2. The standard InChI is InChI=1S/C4H4F2O3.B/c1-9-4(8)2(7)3(5)6;/h3H,1H3;. The number of esters is 1. The molecule has 0 saturated heterocycles. The number of rotatable bonds is 2. The van der Waals surface area contributed by atoms with Gasteiger partial charge in [-0.3, -0.25) is 4.79 Å². The third-order valence-corrected chi connectivity index (χ3v) is 0.585. The molecule has 10 heavy (non-hydrogen) atoms. The van der Waals surface area contributed by atoms with Crippen molar-refractivity contribution in [1.82, 2.24) is 0 Å². The van der Waals surface area contributed by atoms with Gasteiger partial charge in [0.2, 0.25) is 0 Å². The van der Waals surface area contributed by atoms with Crippen LogP contribution in [0.3, 0.4) is 0 Å². The summed E-state index contributed by atoms with van der Waals surface area (Å²) in [5, 5.41) is 0. The van der Waals surface area contributed by atoms with Crippen molar-refractivity contribution in [2.24, 2.45) is 0 Å². The first-order valence-corrected chi connectivity index (χ1v) is 2.00. The third-order valence-electron chi connectivity index (χ3n) is 0.585. The molecule has 0 aromatic carbocycles. The molecule has 55 valence electrons. The van der Waals surface area contributed by atoms with Gasteiger partial charge in [-0.1, -0.05) is 0 Å².